The van der Waals surface area contributed by atoms with Crippen LogP contribution in [0.3, 0.4) is 0 Å². The van der Waals surface area contributed by atoms with Gasteiger partial charge in [-0.2, -0.15) is 0 Å². The summed E-state index contributed by atoms with van der Waals surface area (Å²) in [5, 5.41) is 21.6. The summed E-state index contributed by atoms with van der Waals surface area (Å²) >= 11 is 0. The Bertz CT molecular complexity index is 1440. The van der Waals surface area contributed by atoms with Crippen LogP contribution < -0.4 is 9.64 Å². The van der Waals surface area contributed by atoms with Gasteiger partial charge in [0.25, 0.3) is 11.7 Å². The van der Waals surface area contributed by atoms with E-state index in [-0.39, 0.29) is 23.5 Å². The number of ketones is 1. The zero-order valence-electron chi connectivity index (χ0n) is 22.3. The van der Waals surface area contributed by atoms with Crippen molar-refractivity contribution in [2.24, 2.45) is 5.92 Å². The number of Topliss-reactive ketones (excluding diaryl/α,β-unsaturated/α-hetero) is 1. The van der Waals surface area contributed by atoms with Crippen molar-refractivity contribution in [3.63, 3.8) is 0 Å². The van der Waals surface area contributed by atoms with Gasteiger partial charge in [-0.25, -0.2) is 0 Å². The Morgan fingerprint density at radius 1 is 1.03 bits per heavy atom. The number of hydrogen-bond donors (Lipinski definition) is 2. The van der Waals surface area contributed by atoms with Crippen LogP contribution in [0.15, 0.2) is 72.3 Å². The molecule has 1 aliphatic rings. The molecular formula is C31H31NO7. The predicted molar refractivity (Wildman–Crippen MR) is 147 cm³/mol. The first kappa shape index (κ1) is 27.4. The molecule has 0 bridgehead atoms. The fraction of sp³-hybridized carbons (Fsp3) is 0.258. The molecule has 1 atom stereocenters. The molecule has 1 fully saturated rings. The lowest BCUT2D eigenvalue weighted by atomic mass is 9.94. The van der Waals surface area contributed by atoms with Crippen LogP contribution in [0.2, 0.25) is 0 Å². The van der Waals surface area contributed by atoms with Crippen LogP contribution in [0.4, 0.5) is 5.69 Å². The first-order valence-corrected chi connectivity index (χ1v) is 12.6. The van der Waals surface area contributed by atoms with Gasteiger partial charge in [-0.15, -0.1) is 0 Å². The van der Waals surface area contributed by atoms with Gasteiger partial charge in [0.05, 0.1) is 31.8 Å². The monoisotopic (exact) mass is 529 g/mol. The summed E-state index contributed by atoms with van der Waals surface area (Å²) in [6, 6.07) is 16.9. The standard InChI is InChI=1S/C31H31NO7/c1-18(2)17-39-25-13-10-22(14-19(25)3)29(35)27-28(21-6-5-7-24(33)16-21)32(31(37)30(27)36)23-11-8-20(9-12-23)15-26(34)38-4/h5-14,16,18,28,33,35H,15,17H2,1-4H3/b29-27-. The maximum atomic E-state index is 13.4. The predicted octanol–water partition coefficient (Wildman–Crippen LogP) is 5.08. The second-order valence-electron chi connectivity index (χ2n) is 9.87. The third-order valence-corrected chi connectivity index (χ3v) is 6.44. The van der Waals surface area contributed by atoms with Crippen LogP contribution in [-0.4, -0.2) is 41.6 Å². The van der Waals surface area contributed by atoms with E-state index in [1.54, 1.807) is 54.6 Å². The van der Waals surface area contributed by atoms with Crippen molar-refractivity contribution in [3.05, 3.63) is 94.6 Å². The molecule has 0 saturated carbocycles. The van der Waals surface area contributed by atoms with Crippen molar-refractivity contribution < 1.29 is 34.1 Å². The Balaban J connectivity index is 1.80. The number of aromatic hydroxyl groups is 1. The highest BCUT2D eigenvalue weighted by Gasteiger charge is 2.47. The number of aliphatic hydroxyl groups is 1. The molecule has 1 heterocycles. The highest BCUT2D eigenvalue weighted by Crippen LogP contribution is 2.43. The van der Waals surface area contributed by atoms with Gasteiger partial charge in [0.15, 0.2) is 0 Å². The minimum atomic E-state index is -0.999. The molecule has 1 aliphatic heterocycles. The molecule has 8 nitrogen and oxygen atoms in total. The van der Waals surface area contributed by atoms with E-state index in [4.69, 9.17) is 9.47 Å². The van der Waals surface area contributed by atoms with Crippen molar-refractivity contribution in [1.29, 1.82) is 0 Å². The number of phenolic OH excluding ortho intramolecular Hbond substituents is 1. The molecule has 0 radical (unpaired) electrons. The SMILES string of the molecule is COC(=O)Cc1ccc(N2C(=O)C(=O)/C(=C(\O)c3ccc(OCC(C)C)c(C)c3)C2c2cccc(O)c2)cc1. The van der Waals surface area contributed by atoms with Gasteiger partial charge >= 0.3 is 5.97 Å². The largest absolute Gasteiger partial charge is 0.508 e. The van der Waals surface area contributed by atoms with Crippen LogP contribution in [0.1, 0.15) is 42.1 Å². The number of esters is 1. The lowest BCUT2D eigenvalue weighted by Gasteiger charge is -2.25. The average molecular weight is 530 g/mol. The van der Waals surface area contributed by atoms with E-state index >= 15 is 0 Å². The summed E-state index contributed by atoms with van der Waals surface area (Å²) in [5.74, 6) is -1.45. The minimum absolute atomic E-state index is 0.0472. The molecule has 3 aromatic carbocycles. The van der Waals surface area contributed by atoms with E-state index < -0.39 is 23.7 Å². The fourth-order valence-electron chi connectivity index (χ4n) is 4.49. The molecule has 1 saturated heterocycles. The number of hydrogen-bond acceptors (Lipinski definition) is 7. The molecule has 3 aromatic rings. The molecular weight excluding hydrogens is 498 g/mol. The lowest BCUT2D eigenvalue weighted by molar-refractivity contribution is -0.139. The number of phenols is 1. The molecule has 0 spiro atoms. The Morgan fingerprint density at radius 3 is 2.36 bits per heavy atom. The van der Waals surface area contributed by atoms with E-state index in [2.05, 4.69) is 0 Å². The molecule has 39 heavy (non-hydrogen) atoms. The van der Waals surface area contributed by atoms with Crippen LogP contribution in [0.5, 0.6) is 11.5 Å². The Morgan fingerprint density at radius 2 is 1.74 bits per heavy atom. The van der Waals surface area contributed by atoms with E-state index in [1.165, 1.54) is 24.1 Å². The summed E-state index contributed by atoms with van der Waals surface area (Å²) < 4.78 is 10.5. The number of methoxy groups -OCH3 is 1. The Hall–Kier alpha value is -4.59. The van der Waals surface area contributed by atoms with Gasteiger partial charge in [-0.3, -0.25) is 19.3 Å². The zero-order chi connectivity index (χ0) is 28.3. The number of amides is 1. The topological polar surface area (TPSA) is 113 Å². The van der Waals surface area contributed by atoms with Crippen molar-refractivity contribution in [3.8, 4) is 11.5 Å². The molecule has 0 aromatic heterocycles. The molecule has 8 heteroatoms. The number of rotatable bonds is 8. The van der Waals surface area contributed by atoms with Gasteiger partial charge in [-0.05, 0) is 72.0 Å². The second-order valence-corrected chi connectivity index (χ2v) is 9.87. The lowest BCUT2D eigenvalue weighted by Crippen LogP contribution is -2.29. The molecule has 2 N–H and O–H groups in total. The highest BCUT2D eigenvalue weighted by molar-refractivity contribution is 6.51. The van der Waals surface area contributed by atoms with Gasteiger partial charge in [0.2, 0.25) is 0 Å². The number of carbonyl (C=O) groups excluding carboxylic acids is 3. The third-order valence-electron chi connectivity index (χ3n) is 6.44. The van der Waals surface area contributed by atoms with Crippen molar-refractivity contribution in [1.82, 2.24) is 0 Å². The number of aliphatic hydroxyl groups excluding tert-OH is 1. The number of nitrogens with zero attached hydrogens (tertiary/aromatic N) is 1. The summed E-state index contributed by atoms with van der Waals surface area (Å²) in [5.41, 5.74) is 2.55. The first-order chi connectivity index (χ1) is 18.6. The minimum Gasteiger partial charge on any atom is -0.508 e. The highest BCUT2D eigenvalue weighted by atomic mass is 16.5. The number of carbonyl (C=O) groups is 3. The van der Waals surface area contributed by atoms with E-state index in [0.717, 1.165) is 5.56 Å². The maximum Gasteiger partial charge on any atom is 0.309 e. The second kappa shape index (κ2) is 11.4. The Labute approximate surface area is 227 Å². The van der Waals surface area contributed by atoms with Crippen molar-refractivity contribution in [2.45, 2.75) is 33.2 Å². The molecule has 1 amide bonds. The molecule has 202 valence electrons. The normalized spacial score (nSPS) is 16.5. The number of anilines is 1. The summed E-state index contributed by atoms with van der Waals surface area (Å²) in [4.78, 5) is 39.7. The number of benzene rings is 3. The molecule has 1 unspecified atom stereocenters. The van der Waals surface area contributed by atoms with Gasteiger partial charge in [0.1, 0.15) is 17.3 Å². The summed E-state index contributed by atoms with van der Waals surface area (Å²) in [7, 11) is 1.30. The molecule has 0 aliphatic carbocycles. The fourth-order valence-corrected chi connectivity index (χ4v) is 4.49. The average Bonchev–Trinajstić information content (AvgIpc) is 3.18. The van der Waals surface area contributed by atoms with Crippen LogP contribution in [0.25, 0.3) is 5.76 Å². The van der Waals surface area contributed by atoms with E-state index in [1.807, 2.05) is 20.8 Å². The van der Waals surface area contributed by atoms with Crippen LogP contribution in [0, 0.1) is 12.8 Å². The van der Waals surface area contributed by atoms with Crippen LogP contribution in [-0.2, 0) is 25.5 Å². The van der Waals surface area contributed by atoms with E-state index in [9.17, 15) is 24.6 Å². The first-order valence-electron chi connectivity index (χ1n) is 12.6. The number of ether oxygens (including phenoxy) is 2. The van der Waals surface area contributed by atoms with Crippen molar-refractivity contribution >= 4 is 29.1 Å². The summed E-state index contributed by atoms with van der Waals surface area (Å²) in [6.07, 6.45) is 0.0574. The quantitative estimate of drug-likeness (QED) is 0.181. The van der Waals surface area contributed by atoms with E-state index in [0.29, 0.717) is 40.7 Å². The zero-order valence-corrected chi connectivity index (χ0v) is 22.3. The van der Waals surface area contributed by atoms with Crippen molar-refractivity contribution in [2.75, 3.05) is 18.6 Å². The molecule has 4 rings (SSSR count). The van der Waals surface area contributed by atoms with Gasteiger partial charge in [-0.1, -0.05) is 38.1 Å². The summed E-state index contributed by atoms with van der Waals surface area (Å²) in [6.45, 7) is 6.46. The van der Waals surface area contributed by atoms with Crippen LogP contribution >= 0.6 is 0 Å². The Kier molecular flexibility index (Phi) is 8.04. The third kappa shape index (κ3) is 5.80. The number of aryl methyl sites for hydroxylation is 1. The smallest absolute Gasteiger partial charge is 0.309 e. The van der Waals surface area contributed by atoms with Gasteiger partial charge < -0.3 is 19.7 Å². The maximum absolute atomic E-state index is 13.4. The van der Waals surface area contributed by atoms with Gasteiger partial charge in [0, 0.05) is 11.3 Å².